The summed E-state index contributed by atoms with van der Waals surface area (Å²) in [5.41, 5.74) is 1.59. The number of rotatable bonds is 3. The van der Waals surface area contributed by atoms with Crippen molar-refractivity contribution in [2.75, 3.05) is 5.32 Å². The number of aromatic nitrogens is 1. The van der Waals surface area contributed by atoms with E-state index in [4.69, 9.17) is 23.2 Å². The molecule has 4 rings (SSSR count). The molecule has 1 amide bonds. The fourth-order valence-corrected chi connectivity index (χ4v) is 4.08. The van der Waals surface area contributed by atoms with Gasteiger partial charge in [0.2, 0.25) is 5.91 Å². The summed E-state index contributed by atoms with van der Waals surface area (Å²) in [5, 5.41) is 6.44. The van der Waals surface area contributed by atoms with Gasteiger partial charge in [0.1, 0.15) is 5.52 Å². The summed E-state index contributed by atoms with van der Waals surface area (Å²) < 4.78 is 0.884. The summed E-state index contributed by atoms with van der Waals surface area (Å²) in [7, 11) is 0. The Labute approximate surface area is 158 Å². The molecule has 1 N–H and O–H groups in total. The van der Waals surface area contributed by atoms with Crippen LogP contribution in [0.15, 0.2) is 54.6 Å². The van der Waals surface area contributed by atoms with Crippen LogP contribution in [-0.2, 0) is 11.2 Å². The van der Waals surface area contributed by atoms with Crippen LogP contribution in [0.5, 0.6) is 0 Å². The minimum Gasteiger partial charge on any atom is -0.302 e. The van der Waals surface area contributed by atoms with Gasteiger partial charge in [-0.1, -0.05) is 77.0 Å². The first-order valence-corrected chi connectivity index (χ1v) is 9.20. The van der Waals surface area contributed by atoms with Gasteiger partial charge in [-0.15, -0.1) is 0 Å². The van der Waals surface area contributed by atoms with Crippen molar-refractivity contribution < 1.29 is 4.79 Å². The fraction of sp³-hybridized carbons (Fsp3) is 0.0526. The Bertz CT molecular complexity index is 1100. The van der Waals surface area contributed by atoms with Crippen molar-refractivity contribution in [1.29, 1.82) is 0 Å². The summed E-state index contributed by atoms with van der Waals surface area (Å²) in [5.74, 6) is -0.113. The van der Waals surface area contributed by atoms with Gasteiger partial charge in [0.05, 0.1) is 21.2 Å². The minimum absolute atomic E-state index is 0.113. The highest BCUT2D eigenvalue weighted by Crippen LogP contribution is 2.35. The van der Waals surface area contributed by atoms with Crippen LogP contribution in [0, 0.1) is 0 Å². The molecule has 0 saturated carbocycles. The number of carbonyl (C=O) groups is 1. The predicted octanol–water partition coefficient (Wildman–Crippen LogP) is 5.94. The summed E-state index contributed by atoms with van der Waals surface area (Å²) in [6.45, 7) is 0. The number of nitrogens with one attached hydrogen (secondary N) is 1. The van der Waals surface area contributed by atoms with E-state index in [2.05, 4.69) is 10.3 Å². The van der Waals surface area contributed by atoms with Crippen molar-refractivity contribution in [2.24, 2.45) is 0 Å². The Morgan fingerprint density at radius 3 is 2.72 bits per heavy atom. The summed E-state index contributed by atoms with van der Waals surface area (Å²) >= 11 is 13.6. The maximum Gasteiger partial charge on any atom is 0.230 e. The molecule has 0 unspecified atom stereocenters. The first-order valence-electron chi connectivity index (χ1n) is 7.63. The molecule has 0 radical (unpaired) electrons. The quantitative estimate of drug-likeness (QED) is 0.473. The van der Waals surface area contributed by atoms with Gasteiger partial charge in [-0.05, 0) is 28.5 Å². The highest BCUT2D eigenvalue weighted by Gasteiger charge is 2.13. The van der Waals surface area contributed by atoms with E-state index < -0.39 is 0 Å². The van der Waals surface area contributed by atoms with Crippen LogP contribution in [0.3, 0.4) is 0 Å². The molecule has 124 valence electrons. The molecule has 0 atom stereocenters. The van der Waals surface area contributed by atoms with E-state index in [9.17, 15) is 4.79 Å². The second-order valence-electron chi connectivity index (χ2n) is 5.59. The number of hydrogen-bond acceptors (Lipinski definition) is 3. The van der Waals surface area contributed by atoms with Gasteiger partial charge in [0, 0.05) is 0 Å². The summed E-state index contributed by atoms with van der Waals surface area (Å²) in [6.07, 6.45) is 0.283. The number of anilines is 1. The summed E-state index contributed by atoms with van der Waals surface area (Å²) in [4.78, 5) is 16.8. The van der Waals surface area contributed by atoms with Crippen LogP contribution >= 0.6 is 34.5 Å². The lowest BCUT2D eigenvalue weighted by Gasteiger charge is -2.06. The highest BCUT2D eigenvalue weighted by molar-refractivity contribution is 7.22. The SMILES string of the molecule is O=C(Cc1cccc2ccccc12)Nc1nc2c(Cl)c(Cl)ccc2s1. The maximum atomic E-state index is 12.5. The van der Waals surface area contributed by atoms with Crippen molar-refractivity contribution in [3.63, 3.8) is 0 Å². The van der Waals surface area contributed by atoms with Gasteiger partial charge < -0.3 is 5.32 Å². The number of fused-ring (bicyclic) bond motifs is 2. The third-order valence-corrected chi connectivity index (χ3v) is 5.66. The zero-order chi connectivity index (χ0) is 17.4. The lowest BCUT2D eigenvalue weighted by atomic mass is 10.0. The van der Waals surface area contributed by atoms with Crippen LogP contribution in [-0.4, -0.2) is 10.9 Å². The van der Waals surface area contributed by atoms with Crippen molar-refractivity contribution in [1.82, 2.24) is 4.98 Å². The monoisotopic (exact) mass is 386 g/mol. The van der Waals surface area contributed by atoms with E-state index in [1.165, 1.54) is 11.3 Å². The normalized spacial score (nSPS) is 11.1. The Kier molecular flexibility index (Phi) is 4.34. The molecule has 1 aromatic heterocycles. The van der Waals surface area contributed by atoms with Crippen molar-refractivity contribution in [3.8, 4) is 0 Å². The molecular formula is C19H12Cl2N2OS. The average molecular weight is 387 g/mol. The molecular weight excluding hydrogens is 375 g/mol. The van der Waals surface area contributed by atoms with Gasteiger partial charge in [-0.2, -0.15) is 0 Å². The number of nitrogens with zero attached hydrogens (tertiary/aromatic N) is 1. The molecule has 0 fully saturated rings. The number of benzene rings is 3. The molecule has 3 nitrogen and oxygen atoms in total. The van der Waals surface area contributed by atoms with Crippen LogP contribution < -0.4 is 5.32 Å². The molecule has 0 aliphatic carbocycles. The van der Waals surface area contributed by atoms with E-state index in [1.807, 2.05) is 48.5 Å². The Balaban J connectivity index is 1.59. The number of amides is 1. The standard InChI is InChI=1S/C19H12Cl2N2OS/c20-14-8-9-15-18(17(14)21)23-19(25-15)22-16(24)10-12-6-3-5-11-4-1-2-7-13(11)12/h1-9H,10H2,(H,22,23,24). The zero-order valence-corrected chi connectivity index (χ0v) is 15.3. The van der Waals surface area contributed by atoms with E-state index >= 15 is 0 Å². The van der Waals surface area contributed by atoms with Crippen molar-refractivity contribution >= 4 is 66.6 Å². The van der Waals surface area contributed by atoms with Crippen LogP contribution in [0.25, 0.3) is 21.0 Å². The molecule has 25 heavy (non-hydrogen) atoms. The Hall–Kier alpha value is -2.14. The van der Waals surface area contributed by atoms with Crippen LogP contribution in [0.2, 0.25) is 10.0 Å². The second-order valence-corrected chi connectivity index (χ2v) is 7.41. The molecule has 0 aliphatic rings. The zero-order valence-electron chi connectivity index (χ0n) is 12.9. The van der Waals surface area contributed by atoms with E-state index in [-0.39, 0.29) is 12.3 Å². The van der Waals surface area contributed by atoms with Crippen LogP contribution in [0.4, 0.5) is 5.13 Å². The molecule has 0 saturated heterocycles. The van der Waals surface area contributed by atoms with Crippen LogP contribution in [0.1, 0.15) is 5.56 Å². The lowest BCUT2D eigenvalue weighted by Crippen LogP contribution is -2.14. The third kappa shape index (κ3) is 3.21. The first kappa shape index (κ1) is 16.3. The first-order chi connectivity index (χ1) is 12.1. The number of thiazole rings is 1. The number of hydrogen-bond donors (Lipinski definition) is 1. The van der Waals surface area contributed by atoms with Gasteiger partial charge in [0.25, 0.3) is 0 Å². The van der Waals surface area contributed by atoms with Gasteiger partial charge >= 0.3 is 0 Å². The molecule has 0 bridgehead atoms. The molecule has 6 heteroatoms. The van der Waals surface area contributed by atoms with Crippen molar-refractivity contribution in [2.45, 2.75) is 6.42 Å². The van der Waals surface area contributed by atoms with Gasteiger partial charge in [-0.3, -0.25) is 4.79 Å². The molecule has 0 aliphatic heterocycles. The Morgan fingerprint density at radius 1 is 1.04 bits per heavy atom. The largest absolute Gasteiger partial charge is 0.302 e. The average Bonchev–Trinajstić information content (AvgIpc) is 3.02. The lowest BCUT2D eigenvalue weighted by molar-refractivity contribution is -0.115. The number of carbonyl (C=O) groups excluding carboxylic acids is 1. The predicted molar refractivity (Wildman–Crippen MR) is 106 cm³/mol. The minimum atomic E-state index is -0.113. The van der Waals surface area contributed by atoms with E-state index in [0.717, 1.165) is 21.0 Å². The highest BCUT2D eigenvalue weighted by atomic mass is 35.5. The molecule has 3 aromatic carbocycles. The molecule has 4 aromatic rings. The topological polar surface area (TPSA) is 42.0 Å². The maximum absolute atomic E-state index is 12.5. The third-order valence-electron chi connectivity index (χ3n) is 3.93. The van der Waals surface area contributed by atoms with Crippen molar-refractivity contribution in [3.05, 3.63) is 70.2 Å². The fourth-order valence-electron chi connectivity index (χ4n) is 2.77. The smallest absolute Gasteiger partial charge is 0.230 e. The second kappa shape index (κ2) is 6.64. The Morgan fingerprint density at radius 2 is 1.84 bits per heavy atom. The van der Waals surface area contributed by atoms with Gasteiger partial charge in [-0.25, -0.2) is 4.98 Å². The number of halogens is 2. The summed E-state index contributed by atoms with van der Waals surface area (Å²) in [6, 6.07) is 17.6. The van der Waals surface area contributed by atoms with E-state index in [0.29, 0.717) is 20.7 Å². The van der Waals surface area contributed by atoms with E-state index in [1.54, 1.807) is 6.07 Å². The molecule has 0 spiro atoms. The molecule has 1 heterocycles. The van der Waals surface area contributed by atoms with Gasteiger partial charge in [0.15, 0.2) is 5.13 Å².